The molecule has 1 unspecified atom stereocenters. The smallest absolute Gasteiger partial charge is 0.396 e. The predicted molar refractivity (Wildman–Crippen MR) is 45.2 cm³/mol. The highest BCUT2D eigenvalue weighted by molar-refractivity contribution is 5.68. The van der Waals surface area contributed by atoms with Crippen LogP contribution in [0.2, 0.25) is 0 Å². The van der Waals surface area contributed by atoms with E-state index in [0.29, 0.717) is 6.20 Å². The Balaban J connectivity index is 3.01. The summed E-state index contributed by atoms with van der Waals surface area (Å²) in [6, 6.07) is 1.64. The molecular formula is C9H7F4NO2. The summed E-state index contributed by atoms with van der Waals surface area (Å²) in [6.45, 7) is 0. The van der Waals surface area contributed by atoms with Gasteiger partial charge in [-0.2, -0.15) is 17.6 Å². The van der Waals surface area contributed by atoms with Gasteiger partial charge < -0.3 is 5.11 Å². The van der Waals surface area contributed by atoms with Crippen molar-refractivity contribution < 1.29 is 27.5 Å². The Hall–Kier alpha value is -1.66. The lowest BCUT2D eigenvalue weighted by molar-refractivity contribution is -0.163. The highest BCUT2D eigenvalue weighted by atomic mass is 19.4. The number of carboxylic acids is 1. The molecule has 0 amide bonds. The molecule has 0 bridgehead atoms. The van der Waals surface area contributed by atoms with Crippen LogP contribution in [0.4, 0.5) is 17.6 Å². The van der Waals surface area contributed by atoms with Crippen LogP contribution in [0.25, 0.3) is 0 Å². The van der Waals surface area contributed by atoms with E-state index in [2.05, 4.69) is 4.98 Å². The van der Waals surface area contributed by atoms with Crippen LogP contribution in [0, 0.1) is 5.95 Å². The zero-order valence-corrected chi connectivity index (χ0v) is 7.83. The number of rotatable bonds is 3. The number of pyridine rings is 1. The van der Waals surface area contributed by atoms with Gasteiger partial charge in [-0.05, 0) is 11.6 Å². The Morgan fingerprint density at radius 2 is 2.06 bits per heavy atom. The standard InChI is InChI=1S/C9H7F4NO2/c10-7-2-1-5(4-14-7)6(3-8(15)16)9(11,12)13/h1-2,4,6H,3H2,(H,15,16). The summed E-state index contributed by atoms with van der Waals surface area (Å²) in [5.74, 6) is -4.66. The zero-order chi connectivity index (χ0) is 12.3. The lowest BCUT2D eigenvalue weighted by Gasteiger charge is -2.18. The monoisotopic (exact) mass is 237 g/mol. The van der Waals surface area contributed by atoms with Gasteiger partial charge in [0.15, 0.2) is 0 Å². The molecule has 0 radical (unpaired) electrons. The third-order valence-electron chi connectivity index (χ3n) is 1.93. The second-order valence-electron chi connectivity index (χ2n) is 3.11. The maximum absolute atomic E-state index is 12.5. The van der Waals surface area contributed by atoms with Crippen molar-refractivity contribution in [1.82, 2.24) is 4.98 Å². The minimum Gasteiger partial charge on any atom is -0.481 e. The molecule has 1 heterocycles. The minimum absolute atomic E-state index is 0.365. The molecule has 0 aliphatic rings. The SMILES string of the molecule is O=C(O)CC(c1ccc(F)nc1)C(F)(F)F. The molecule has 0 saturated carbocycles. The summed E-state index contributed by atoms with van der Waals surface area (Å²) >= 11 is 0. The number of hydrogen-bond donors (Lipinski definition) is 1. The Morgan fingerprint density at radius 1 is 1.44 bits per heavy atom. The summed E-state index contributed by atoms with van der Waals surface area (Å²) in [6.07, 6.45) is -5.11. The second kappa shape index (κ2) is 4.46. The van der Waals surface area contributed by atoms with Gasteiger partial charge in [-0.25, -0.2) is 4.98 Å². The molecule has 0 aliphatic carbocycles. The van der Waals surface area contributed by atoms with E-state index in [1.54, 1.807) is 0 Å². The van der Waals surface area contributed by atoms with Crippen LogP contribution in [-0.4, -0.2) is 22.2 Å². The average molecular weight is 237 g/mol. The molecule has 1 rings (SSSR count). The summed E-state index contributed by atoms with van der Waals surface area (Å²) in [5, 5.41) is 8.37. The topological polar surface area (TPSA) is 50.2 Å². The van der Waals surface area contributed by atoms with Crippen molar-refractivity contribution >= 4 is 5.97 Å². The van der Waals surface area contributed by atoms with Crippen LogP contribution < -0.4 is 0 Å². The predicted octanol–water partition coefficient (Wildman–Crippen LogP) is 2.34. The molecule has 16 heavy (non-hydrogen) atoms. The van der Waals surface area contributed by atoms with Crippen LogP contribution in [0.15, 0.2) is 18.3 Å². The van der Waals surface area contributed by atoms with Crippen molar-refractivity contribution in [3.05, 3.63) is 29.8 Å². The summed E-state index contributed by atoms with van der Waals surface area (Å²) in [4.78, 5) is 13.4. The third-order valence-corrected chi connectivity index (χ3v) is 1.93. The summed E-state index contributed by atoms with van der Waals surface area (Å²) in [7, 11) is 0. The molecule has 7 heteroatoms. The Labute approximate surface area is 87.7 Å². The number of carbonyl (C=O) groups is 1. The van der Waals surface area contributed by atoms with Gasteiger partial charge in [0.1, 0.15) is 0 Å². The van der Waals surface area contributed by atoms with Gasteiger partial charge in [0.2, 0.25) is 5.95 Å². The van der Waals surface area contributed by atoms with Crippen molar-refractivity contribution in [3.8, 4) is 0 Å². The van der Waals surface area contributed by atoms with Crippen molar-refractivity contribution in [2.45, 2.75) is 18.5 Å². The van der Waals surface area contributed by atoms with E-state index in [1.807, 2.05) is 0 Å². The first-order valence-corrected chi connectivity index (χ1v) is 4.20. The van der Waals surface area contributed by atoms with Crippen molar-refractivity contribution in [1.29, 1.82) is 0 Å². The number of halogens is 4. The maximum atomic E-state index is 12.5. The number of carboxylic acid groups (broad SMARTS) is 1. The number of aliphatic carboxylic acids is 1. The van der Waals surface area contributed by atoms with Gasteiger partial charge in [0.05, 0.1) is 12.3 Å². The Bertz CT molecular complexity index is 374. The molecule has 1 atom stereocenters. The van der Waals surface area contributed by atoms with Gasteiger partial charge in [-0.1, -0.05) is 6.07 Å². The van der Waals surface area contributed by atoms with E-state index in [0.717, 1.165) is 12.1 Å². The fraction of sp³-hybridized carbons (Fsp3) is 0.333. The average Bonchev–Trinajstić information content (AvgIpc) is 2.14. The molecule has 0 aliphatic heterocycles. The Kier molecular flexibility index (Phi) is 3.46. The molecule has 0 fully saturated rings. The highest BCUT2D eigenvalue weighted by Gasteiger charge is 2.42. The molecule has 0 saturated heterocycles. The highest BCUT2D eigenvalue weighted by Crippen LogP contribution is 2.36. The van der Waals surface area contributed by atoms with Gasteiger partial charge in [0.25, 0.3) is 0 Å². The number of aromatic nitrogens is 1. The number of alkyl halides is 3. The minimum atomic E-state index is -4.70. The molecule has 88 valence electrons. The zero-order valence-electron chi connectivity index (χ0n) is 7.83. The first-order valence-electron chi connectivity index (χ1n) is 4.20. The van der Waals surface area contributed by atoms with Gasteiger partial charge in [0, 0.05) is 6.20 Å². The van der Waals surface area contributed by atoms with Crippen LogP contribution in [0.5, 0.6) is 0 Å². The van der Waals surface area contributed by atoms with Gasteiger partial charge in [-0.15, -0.1) is 0 Å². The van der Waals surface area contributed by atoms with E-state index in [-0.39, 0.29) is 5.56 Å². The van der Waals surface area contributed by atoms with Crippen molar-refractivity contribution in [2.24, 2.45) is 0 Å². The van der Waals surface area contributed by atoms with E-state index >= 15 is 0 Å². The largest absolute Gasteiger partial charge is 0.481 e. The van der Waals surface area contributed by atoms with E-state index in [1.165, 1.54) is 0 Å². The summed E-state index contributed by atoms with van der Waals surface area (Å²) < 4.78 is 49.8. The van der Waals surface area contributed by atoms with Crippen LogP contribution >= 0.6 is 0 Å². The Morgan fingerprint density at radius 3 is 2.44 bits per heavy atom. The van der Waals surface area contributed by atoms with E-state index in [4.69, 9.17) is 5.11 Å². The molecular weight excluding hydrogens is 230 g/mol. The third kappa shape index (κ3) is 3.18. The van der Waals surface area contributed by atoms with E-state index < -0.39 is 30.4 Å². The molecule has 1 N–H and O–H groups in total. The number of hydrogen-bond acceptors (Lipinski definition) is 2. The van der Waals surface area contributed by atoms with Crippen molar-refractivity contribution in [2.75, 3.05) is 0 Å². The van der Waals surface area contributed by atoms with Crippen molar-refractivity contribution in [3.63, 3.8) is 0 Å². The van der Waals surface area contributed by atoms with Gasteiger partial charge >= 0.3 is 12.1 Å². The molecule has 1 aromatic heterocycles. The molecule has 3 nitrogen and oxygen atoms in total. The molecule has 0 aromatic carbocycles. The van der Waals surface area contributed by atoms with Gasteiger partial charge in [-0.3, -0.25) is 4.79 Å². The number of nitrogens with zero attached hydrogens (tertiary/aromatic N) is 1. The maximum Gasteiger partial charge on any atom is 0.396 e. The normalized spacial score (nSPS) is 13.5. The first kappa shape index (κ1) is 12.4. The lowest BCUT2D eigenvalue weighted by atomic mass is 9.97. The van der Waals surface area contributed by atoms with Crippen LogP contribution in [0.1, 0.15) is 17.9 Å². The molecule has 1 aromatic rings. The summed E-state index contributed by atoms with van der Waals surface area (Å²) in [5.41, 5.74) is -0.365. The van der Waals surface area contributed by atoms with Crippen LogP contribution in [0.3, 0.4) is 0 Å². The fourth-order valence-electron chi connectivity index (χ4n) is 1.19. The quantitative estimate of drug-likeness (QED) is 0.648. The second-order valence-corrected chi connectivity index (χ2v) is 3.11. The first-order chi connectivity index (χ1) is 7.30. The van der Waals surface area contributed by atoms with E-state index in [9.17, 15) is 22.4 Å². The van der Waals surface area contributed by atoms with Crippen LogP contribution in [-0.2, 0) is 4.79 Å². The molecule has 0 spiro atoms. The lowest BCUT2D eigenvalue weighted by Crippen LogP contribution is -2.23. The fourth-order valence-corrected chi connectivity index (χ4v) is 1.19.